The lowest BCUT2D eigenvalue weighted by molar-refractivity contribution is 0.0853. The molecule has 2 aromatic heterocycles. The van der Waals surface area contributed by atoms with Gasteiger partial charge in [0.25, 0.3) is 0 Å². The number of benzene rings is 1. The molecule has 0 spiro atoms. The molecule has 2 fully saturated rings. The number of anilines is 1. The summed E-state index contributed by atoms with van der Waals surface area (Å²) >= 11 is 0. The first-order chi connectivity index (χ1) is 16.1. The first-order valence-electron chi connectivity index (χ1n) is 11.8. The Labute approximate surface area is 194 Å². The van der Waals surface area contributed by atoms with E-state index in [1.807, 2.05) is 12.3 Å². The minimum atomic E-state index is 0.124. The van der Waals surface area contributed by atoms with Gasteiger partial charge in [0.2, 0.25) is 0 Å². The maximum Gasteiger partial charge on any atom is 0.152 e. The van der Waals surface area contributed by atoms with Crippen molar-refractivity contribution in [3.63, 3.8) is 0 Å². The average Bonchev–Trinajstić information content (AvgIpc) is 3.30. The molecule has 1 N–H and O–H groups in total. The molecule has 7 nitrogen and oxygen atoms in total. The molecule has 33 heavy (non-hydrogen) atoms. The van der Waals surface area contributed by atoms with Crippen molar-refractivity contribution in [2.24, 2.45) is 5.41 Å². The van der Waals surface area contributed by atoms with E-state index < -0.39 is 0 Å². The summed E-state index contributed by atoms with van der Waals surface area (Å²) in [6.07, 6.45) is 7.46. The number of pyridine rings is 1. The second-order valence-corrected chi connectivity index (χ2v) is 9.49. The molecule has 1 unspecified atom stereocenters. The third-order valence-corrected chi connectivity index (χ3v) is 6.88. The molecule has 2 aliphatic rings. The van der Waals surface area contributed by atoms with Crippen LogP contribution in [0.4, 0.5) is 5.82 Å². The van der Waals surface area contributed by atoms with Crippen LogP contribution in [0, 0.1) is 5.41 Å². The Morgan fingerprint density at radius 3 is 2.79 bits per heavy atom. The highest BCUT2D eigenvalue weighted by Crippen LogP contribution is 2.32. The van der Waals surface area contributed by atoms with Gasteiger partial charge in [-0.1, -0.05) is 19.1 Å². The summed E-state index contributed by atoms with van der Waals surface area (Å²) in [6, 6.07) is 8.49. The first-order valence-corrected chi connectivity index (χ1v) is 11.8. The fraction of sp³-hybridized carbons (Fsp3) is 0.500. The maximum atomic E-state index is 5.74. The lowest BCUT2D eigenvalue weighted by Crippen LogP contribution is -2.27. The van der Waals surface area contributed by atoms with Crippen LogP contribution in [0.25, 0.3) is 10.9 Å². The van der Waals surface area contributed by atoms with Gasteiger partial charge in [-0.05, 0) is 42.9 Å². The van der Waals surface area contributed by atoms with Gasteiger partial charge in [0.15, 0.2) is 5.82 Å². The number of rotatable bonds is 7. The van der Waals surface area contributed by atoms with Crippen LogP contribution < -0.4 is 10.1 Å². The van der Waals surface area contributed by atoms with E-state index in [0.717, 1.165) is 86.1 Å². The minimum absolute atomic E-state index is 0.124. The smallest absolute Gasteiger partial charge is 0.152 e. The van der Waals surface area contributed by atoms with Gasteiger partial charge in [-0.2, -0.15) is 0 Å². The quantitative estimate of drug-likeness (QED) is 0.575. The number of nitrogens with one attached hydrogen (secondary N) is 1. The van der Waals surface area contributed by atoms with Crippen LogP contribution in [-0.2, 0) is 15.9 Å². The lowest BCUT2D eigenvalue weighted by atomic mass is 9.90. The van der Waals surface area contributed by atoms with Gasteiger partial charge in [0.1, 0.15) is 17.1 Å². The molecule has 2 saturated heterocycles. The van der Waals surface area contributed by atoms with Crippen LogP contribution in [-0.4, -0.2) is 55.0 Å². The number of hydrogen-bond acceptors (Lipinski definition) is 7. The van der Waals surface area contributed by atoms with Crippen LogP contribution >= 0.6 is 0 Å². The second kappa shape index (κ2) is 9.61. The van der Waals surface area contributed by atoms with Gasteiger partial charge < -0.3 is 19.5 Å². The molecular weight excluding hydrogens is 416 g/mol. The van der Waals surface area contributed by atoms with Crippen molar-refractivity contribution >= 4 is 16.7 Å². The van der Waals surface area contributed by atoms with Crippen molar-refractivity contribution in [1.29, 1.82) is 0 Å². The van der Waals surface area contributed by atoms with E-state index in [2.05, 4.69) is 40.4 Å². The molecule has 7 heteroatoms. The van der Waals surface area contributed by atoms with Crippen LogP contribution in [0.1, 0.15) is 49.1 Å². The Morgan fingerprint density at radius 1 is 1.12 bits per heavy atom. The number of nitrogens with zero attached hydrogens (tertiary/aromatic N) is 3. The Balaban J connectivity index is 1.37. The molecule has 4 heterocycles. The van der Waals surface area contributed by atoms with E-state index in [1.54, 1.807) is 13.3 Å². The molecule has 174 valence electrons. The summed E-state index contributed by atoms with van der Waals surface area (Å²) in [7, 11) is 1.73. The van der Waals surface area contributed by atoms with Crippen molar-refractivity contribution < 1.29 is 14.2 Å². The zero-order chi connectivity index (χ0) is 22.7. The average molecular weight is 449 g/mol. The normalized spacial score (nSPS) is 21.4. The number of ether oxygens (including phenoxy) is 3. The van der Waals surface area contributed by atoms with Gasteiger partial charge in [-0.3, -0.25) is 0 Å². The van der Waals surface area contributed by atoms with E-state index in [0.29, 0.717) is 12.3 Å². The van der Waals surface area contributed by atoms with E-state index in [9.17, 15) is 0 Å². The number of fused-ring (bicyclic) bond motifs is 1. The Hall–Kier alpha value is -2.77. The molecule has 0 amide bonds. The highest BCUT2D eigenvalue weighted by atomic mass is 16.5. The van der Waals surface area contributed by atoms with Crippen LogP contribution in [0.5, 0.6) is 5.75 Å². The van der Waals surface area contributed by atoms with Crippen LogP contribution in [0.2, 0.25) is 0 Å². The fourth-order valence-electron chi connectivity index (χ4n) is 4.72. The van der Waals surface area contributed by atoms with E-state index in [4.69, 9.17) is 19.2 Å². The SMILES string of the molecule is COc1cc(C2CCOCC2)ccc1Cc1ncc2ccnc(NCC3(C)CCOC3)c2n1. The van der Waals surface area contributed by atoms with E-state index in [1.165, 1.54) is 5.56 Å². The summed E-state index contributed by atoms with van der Waals surface area (Å²) in [6.45, 7) is 6.30. The number of hydrogen-bond donors (Lipinski definition) is 1. The molecular formula is C26H32N4O3. The monoisotopic (exact) mass is 448 g/mol. The third kappa shape index (κ3) is 4.94. The summed E-state index contributed by atoms with van der Waals surface area (Å²) in [5, 5.41) is 4.49. The van der Waals surface area contributed by atoms with Crippen molar-refractivity contribution in [2.45, 2.75) is 38.5 Å². The number of aromatic nitrogens is 3. The van der Waals surface area contributed by atoms with Crippen molar-refractivity contribution in [3.8, 4) is 5.75 Å². The standard InChI is InChI=1S/C26H32N4O3/c1-26(8-12-33-17-26)16-29-25-24-21(5-9-27-25)15-28-23(30-24)14-20-4-3-19(13-22(20)31-2)18-6-10-32-11-7-18/h3-5,9,13,15,18H,6-8,10-12,14,16-17H2,1-2H3,(H,27,29). The van der Waals surface area contributed by atoms with Crippen molar-refractivity contribution in [3.05, 3.63) is 53.6 Å². The zero-order valence-corrected chi connectivity index (χ0v) is 19.5. The molecule has 5 rings (SSSR count). The highest BCUT2D eigenvalue weighted by molar-refractivity contribution is 5.87. The molecule has 2 aliphatic heterocycles. The van der Waals surface area contributed by atoms with Gasteiger partial charge in [0, 0.05) is 61.5 Å². The van der Waals surface area contributed by atoms with Gasteiger partial charge in [0.05, 0.1) is 13.7 Å². The molecule has 0 aliphatic carbocycles. The predicted molar refractivity (Wildman–Crippen MR) is 128 cm³/mol. The Bertz CT molecular complexity index is 1110. The largest absolute Gasteiger partial charge is 0.496 e. The number of methoxy groups -OCH3 is 1. The van der Waals surface area contributed by atoms with Crippen molar-refractivity contribution in [2.75, 3.05) is 45.4 Å². The predicted octanol–water partition coefficient (Wildman–Crippen LogP) is 4.36. The molecule has 1 aromatic carbocycles. The summed E-state index contributed by atoms with van der Waals surface area (Å²) < 4.78 is 16.8. The molecule has 0 bridgehead atoms. The zero-order valence-electron chi connectivity index (χ0n) is 19.5. The minimum Gasteiger partial charge on any atom is -0.496 e. The van der Waals surface area contributed by atoms with Gasteiger partial charge in [-0.15, -0.1) is 0 Å². The topological polar surface area (TPSA) is 78.4 Å². The van der Waals surface area contributed by atoms with E-state index in [-0.39, 0.29) is 5.41 Å². The van der Waals surface area contributed by atoms with Gasteiger partial charge >= 0.3 is 0 Å². The highest BCUT2D eigenvalue weighted by Gasteiger charge is 2.29. The Kier molecular flexibility index (Phi) is 6.42. The van der Waals surface area contributed by atoms with Crippen molar-refractivity contribution in [1.82, 2.24) is 15.0 Å². The molecule has 3 aromatic rings. The second-order valence-electron chi connectivity index (χ2n) is 9.49. The summed E-state index contributed by atoms with van der Waals surface area (Å²) in [5.41, 5.74) is 3.38. The lowest BCUT2D eigenvalue weighted by Gasteiger charge is -2.23. The fourth-order valence-corrected chi connectivity index (χ4v) is 4.72. The molecule has 1 atom stereocenters. The first kappa shape index (κ1) is 22.0. The van der Waals surface area contributed by atoms with Gasteiger partial charge in [-0.25, -0.2) is 15.0 Å². The summed E-state index contributed by atoms with van der Waals surface area (Å²) in [5.74, 6) is 2.98. The summed E-state index contributed by atoms with van der Waals surface area (Å²) in [4.78, 5) is 14.1. The Morgan fingerprint density at radius 2 is 2.00 bits per heavy atom. The maximum absolute atomic E-state index is 5.74. The van der Waals surface area contributed by atoms with E-state index >= 15 is 0 Å². The third-order valence-electron chi connectivity index (χ3n) is 6.88. The van der Waals surface area contributed by atoms with Crippen LogP contribution in [0.15, 0.2) is 36.7 Å². The molecule has 0 saturated carbocycles. The van der Waals surface area contributed by atoms with Crippen LogP contribution in [0.3, 0.4) is 0 Å². The molecule has 0 radical (unpaired) electrons.